The van der Waals surface area contributed by atoms with Gasteiger partial charge in [0.15, 0.2) is 5.78 Å². The summed E-state index contributed by atoms with van der Waals surface area (Å²) in [6, 6.07) is 15.3. The molecule has 102 valence electrons. The van der Waals surface area contributed by atoms with Crippen molar-refractivity contribution in [2.75, 3.05) is 0 Å². The molecule has 3 rings (SSSR count). The van der Waals surface area contributed by atoms with Crippen LogP contribution in [-0.4, -0.2) is 11.9 Å². The van der Waals surface area contributed by atoms with Gasteiger partial charge in [-0.25, -0.2) is 0 Å². The Morgan fingerprint density at radius 1 is 1.00 bits per heavy atom. The largest absolute Gasteiger partial charge is 0.490 e. The van der Waals surface area contributed by atoms with Crippen LogP contribution in [0.5, 0.6) is 5.75 Å². The van der Waals surface area contributed by atoms with Crippen molar-refractivity contribution in [1.82, 2.24) is 0 Å². The van der Waals surface area contributed by atoms with Gasteiger partial charge in [-0.05, 0) is 49.1 Å². The Labute approximate surface area is 119 Å². The lowest BCUT2D eigenvalue weighted by atomic mass is 10.0. The molecule has 0 N–H and O–H groups in total. The highest BCUT2D eigenvalue weighted by Crippen LogP contribution is 2.27. The molecular formula is C18H18O2. The number of hydrogen-bond donors (Lipinski definition) is 0. The van der Waals surface area contributed by atoms with Crippen molar-refractivity contribution in [3.05, 3.63) is 65.2 Å². The van der Waals surface area contributed by atoms with Gasteiger partial charge < -0.3 is 4.74 Å². The van der Waals surface area contributed by atoms with Crippen molar-refractivity contribution >= 4 is 5.78 Å². The van der Waals surface area contributed by atoms with Crippen LogP contribution in [-0.2, 0) is 6.42 Å². The van der Waals surface area contributed by atoms with Gasteiger partial charge in [-0.15, -0.1) is 0 Å². The molecule has 0 bridgehead atoms. The van der Waals surface area contributed by atoms with Crippen LogP contribution >= 0.6 is 0 Å². The predicted octanol–water partition coefficient (Wildman–Crippen LogP) is 4.02. The smallest absolute Gasteiger partial charge is 0.193 e. The molecule has 2 aromatic rings. The van der Waals surface area contributed by atoms with E-state index < -0.39 is 0 Å². The van der Waals surface area contributed by atoms with Gasteiger partial charge in [-0.3, -0.25) is 4.79 Å². The molecule has 1 aliphatic carbocycles. The summed E-state index contributed by atoms with van der Waals surface area (Å²) in [7, 11) is 0. The van der Waals surface area contributed by atoms with Gasteiger partial charge in [0.2, 0.25) is 0 Å². The minimum Gasteiger partial charge on any atom is -0.490 e. The Balaban J connectivity index is 1.74. The second kappa shape index (κ2) is 5.49. The minimum absolute atomic E-state index is 0.0608. The van der Waals surface area contributed by atoms with E-state index in [0.717, 1.165) is 30.6 Å². The third kappa shape index (κ3) is 2.90. The van der Waals surface area contributed by atoms with Crippen LogP contribution in [0.1, 0.15) is 41.3 Å². The zero-order valence-electron chi connectivity index (χ0n) is 11.6. The predicted molar refractivity (Wildman–Crippen MR) is 79.3 cm³/mol. The molecule has 0 spiro atoms. The van der Waals surface area contributed by atoms with Gasteiger partial charge in [0, 0.05) is 11.1 Å². The van der Waals surface area contributed by atoms with E-state index in [0.29, 0.717) is 11.7 Å². The SMILES string of the molecule is CCc1ccc(C(=O)c2ccc(OC3CC3)cc2)cc1. The van der Waals surface area contributed by atoms with Gasteiger partial charge in [0.25, 0.3) is 0 Å². The van der Waals surface area contributed by atoms with Crippen LogP contribution in [0.25, 0.3) is 0 Å². The molecule has 0 saturated heterocycles. The summed E-state index contributed by atoms with van der Waals surface area (Å²) in [6.45, 7) is 2.11. The van der Waals surface area contributed by atoms with Crippen LogP contribution in [0.3, 0.4) is 0 Å². The first-order chi connectivity index (χ1) is 9.76. The Morgan fingerprint density at radius 2 is 1.55 bits per heavy atom. The number of ketones is 1. The highest BCUT2D eigenvalue weighted by Gasteiger charge is 2.23. The summed E-state index contributed by atoms with van der Waals surface area (Å²) in [4.78, 5) is 12.4. The zero-order chi connectivity index (χ0) is 13.9. The van der Waals surface area contributed by atoms with E-state index in [2.05, 4.69) is 6.92 Å². The van der Waals surface area contributed by atoms with Gasteiger partial charge in [-0.1, -0.05) is 31.2 Å². The average molecular weight is 266 g/mol. The van der Waals surface area contributed by atoms with Crippen LogP contribution in [0.2, 0.25) is 0 Å². The second-order valence-electron chi connectivity index (χ2n) is 5.22. The minimum atomic E-state index is 0.0608. The number of rotatable bonds is 5. The van der Waals surface area contributed by atoms with E-state index in [4.69, 9.17) is 4.74 Å². The fourth-order valence-electron chi connectivity index (χ4n) is 2.12. The molecule has 1 saturated carbocycles. The van der Waals surface area contributed by atoms with Crippen LogP contribution in [0, 0.1) is 0 Å². The van der Waals surface area contributed by atoms with Crippen molar-refractivity contribution in [3.63, 3.8) is 0 Å². The zero-order valence-corrected chi connectivity index (χ0v) is 11.6. The molecule has 0 aromatic heterocycles. The molecule has 0 amide bonds. The highest BCUT2D eigenvalue weighted by atomic mass is 16.5. The van der Waals surface area contributed by atoms with Crippen molar-refractivity contribution in [3.8, 4) is 5.75 Å². The molecule has 0 atom stereocenters. The quantitative estimate of drug-likeness (QED) is 0.764. The third-order valence-corrected chi connectivity index (χ3v) is 3.57. The molecule has 1 aliphatic rings. The second-order valence-corrected chi connectivity index (χ2v) is 5.22. The maximum Gasteiger partial charge on any atom is 0.193 e. The average Bonchev–Trinajstić information content (AvgIpc) is 3.31. The van der Waals surface area contributed by atoms with Crippen LogP contribution in [0.15, 0.2) is 48.5 Å². The first kappa shape index (κ1) is 12.9. The summed E-state index contributed by atoms with van der Waals surface area (Å²) >= 11 is 0. The van der Waals surface area contributed by atoms with E-state index in [1.54, 1.807) is 0 Å². The van der Waals surface area contributed by atoms with E-state index >= 15 is 0 Å². The Bertz CT molecular complexity index is 592. The fourth-order valence-corrected chi connectivity index (χ4v) is 2.12. The van der Waals surface area contributed by atoms with Crippen LogP contribution < -0.4 is 4.74 Å². The van der Waals surface area contributed by atoms with Crippen LogP contribution in [0.4, 0.5) is 0 Å². The maximum atomic E-state index is 12.4. The molecule has 0 aliphatic heterocycles. The molecule has 2 nitrogen and oxygen atoms in total. The normalized spacial score (nSPS) is 14.1. The molecule has 0 unspecified atom stereocenters. The fraction of sp³-hybridized carbons (Fsp3) is 0.278. The summed E-state index contributed by atoms with van der Waals surface area (Å²) in [6.07, 6.45) is 3.66. The third-order valence-electron chi connectivity index (χ3n) is 3.57. The summed E-state index contributed by atoms with van der Waals surface area (Å²) in [5.74, 6) is 0.913. The van der Waals surface area contributed by atoms with E-state index in [-0.39, 0.29) is 5.78 Å². The molecule has 2 heteroatoms. The Kier molecular flexibility index (Phi) is 3.55. The molecule has 0 radical (unpaired) electrons. The lowest BCUT2D eigenvalue weighted by Gasteiger charge is -2.06. The Hall–Kier alpha value is -2.09. The summed E-state index contributed by atoms with van der Waals surface area (Å²) in [5, 5.41) is 0. The van der Waals surface area contributed by atoms with E-state index in [1.807, 2.05) is 48.5 Å². The lowest BCUT2D eigenvalue weighted by Crippen LogP contribution is -2.02. The van der Waals surface area contributed by atoms with E-state index in [1.165, 1.54) is 5.56 Å². The topological polar surface area (TPSA) is 26.3 Å². The monoisotopic (exact) mass is 266 g/mol. The standard InChI is InChI=1S/C18H18O2/c1-2-13-3-5-14(6-4-13)18(19)15-7-9-16(10-8-15)20-17-11-12-17/h3-10,17H,2,11-12H2,1H3. The summed E-state index contributed by atoms with van der Waals surface area (Å²) < 4.78 is 5.68. The van der Waals surface area contributed by atoms with Gasteiger partial charge in [-0.2, -0.15) is 0 Å². The number of aryl methyl sites for hydroxylation is 1. The van der Waals surface area contributed by atoms with Gasteiger partial charge in [0.05, 0.1) is 6.10 Å². The molecule has 20 heavy (non-hydrogen) atoms. The first-order valence-corrected chi connectivity index (χ1v) is 7.16. The van der Waals surface area contributed by atoms with Crippen molar-refractivity contribution in [2.45, 2.75) is 32.3 Å². The summed E-state index contributed by atoms with van der Waals surface area (Å²) in [5.41, 5.74) is 2.69. The number of hydrogen-bond acceptors (Lipinski definition) is 2. The van der Waals surface area contributed by atoms with Crippen molar-refractivity contribution in [1.29, 1.82) is 0 Å². The maximum absolute atomic E-state index is 12.4. The molecule has 1 fully saturated rings. The number of benzene rings is 2. The number of ether oxygens (including phenoxy) is 1. The van der Waals surface area contributed by atoms with Crippen molar-refractivity contribution in [2.24, 2.45) is 0 Å². The molecule has 2 aromatic carbocycles. The molecular weight excluding hydrogens is 248 g/mol. The number of carbonyl (C=O) groups excluding carboxylic acids is 1. The van der Waals surface area contributed by atoms with Crippen molar-refractivity contribution < 1.29 is 9.53 Å². The Morgan fingerprint density at radius 3 is 2.05 bits per heavy atom. The lowest BCUT2D eigenvalue weighted by molar-refractivity contribution is 0.103. The highest BCUT2D eigenvalue weighted by molar-refractivity contribution is 6.09. The first-order valence-electron chi connectivity index (χ1n) is 7.16. The molecule has 0 heterocycles. The van der Waals surface area contributed by atoms with Gasteiger partial charge in [0.1, 0.15) is 5.75 Å². The number of carbonyl (C=O) groups is 1. The van der Waals surface area contributed by atoms with E-state index in [9.17, 15) is 4.79 Å². The van der Waals surface area contributed by atoms with Gasteiger partial charge >= 0.3 is 0 Å².